The third kappa shape index (κ3) is 54.4. The Kier molecular flexibility index (Phi) is 79.9. The van der Waals surface area contributed by atoms with Crippen molar-refractivity contribution in [3.05, 3.63) is 322 Å². The molecule has 15 aromatic rings. The Bertz CT molecular complexity index is 4720. The van der Waals surface area contributed by atoms with E-state index < -0.39 is 0 Å². The van der Waals surface area contributed by atoms with Crippen LogP contribution < -0.4 is 5.69 Å². The van der Waals surface area contributed by atoms with Crippen molar-refractivity contribution >= 4 is 72.8 Å². The summed E-state index contributed by atoms with van der Waals surface area (Å²) in [5, 5.41) is 25.4. The number of benzene rings is 7. The van der Waals surface area contributed by atoms with Gasteiger partial charge in [-0.3, -0.25) is 24.9 Å². The third-order valence-electron chi connectivity index (χ3n) is 15.2. The number of aromatic nitrogens is 12. The Morgan fingerprint density at radius 2 is 0.968 bits per heavy atom. The van der Waals surface area contributed by atoms with E-state index in [1.807, 2.05) is 263 Å². The molecular formula is C106H159N13O3S2. The van der Waals surface area contributed by atoms with Gasteiger partial charge in [0.2, 0.25) is 0 Å². The smallest absolute Gasteiger partial charge is 0.347 e. The normalized spacial score (nSPS) is 10.5. The molecule has 0 bridgehead atoms. The minimum absolute atomic E-state index is 0.0660. The van der Waals surface area contributed by atoms with E-state index in [9.17, 15) is 4.79 Å². The van der Waals surface area contributed by atoms with Gasteiger partial charge in [-0.25, -0.2) is 24.1 Å². The zero-order chi connectivity index (χ0) is 94.9. The second kappa shape index (κ2) is 81.6. The van der Waals surface area contributed by atoms with Crippen molar-refractivity contribution in [3.8, 4) is 16.8 Å². The molecule has 7 aromatic carbocycles. The molecule has 8 aromatic heterocycles. The van der Waals surface area contributed by atoms with E-state index in [4.69, 9.17) is 4.52 Å². The summed E-state index contributed by atoms with van der Waals surface area (Å²) in [4.78, 5) is 35.7. The molecule has 124 heavy (non-hydrogen) atoms. The quantitative estimate of drug-likeness (QED) is 0.172. The van der Waals surface area contributed by atoms with Crippen molar-refractivity contribution in [2.75, 3.05) is 11.5 Å². The molecule has 0 amide bonds. The van der Waals surface area contributed by atoms with Crippen molar-refractivity contribution < 1.29 is 9.05 Å². The number of hydrogen-bond donors (Lipinski definition) is 1. The number of nitrogens with zero attached hydrogens (tertiary/aromatic N) is 12. The van der Waals surface area contributed by atoms with Gasteiger partial charge in [-0.1, -0.05) is 338 Å². The van der Waals surface area contributed by atoms with Gasteiger partial charge in [-0.05, 0) is 176 Å². The summed E-state index contributed by atoms with van der Waals surface area (Å²) in [6.45, 7) is 70.8. The van der Waals surface area contributed by atoms with Crippen LogP contribution in [0.2, 0.25) is 0 Å². The highest BCUT2D eigenvalue weighted by Crippen LogP contribution is 2.23. The van der Waals surface area contributed by atoms with Gasteiger partial charge in [0, 0.05) is 75.8 Å². The van der Waals surface area contributed by atoms with Crippen LogP contribution in [0.15, 0.2) is 286 Å². The van der Waals surface area contributed by atoms with E-state index in [1.54, 1.807) is 48.7 Å². The zero-order valence-electron chi connectivity index (χ0n) is 82.7. The van der Waals surface area contributed by atoms with Crippen molar-refractivity contribution in [2.24, 2.45) is 10.9 Å². The number of thioether (sulfide) groups is 1. The lowest BCUT2D eigenvalue weighted by atomic mass is 10.1. The van der Waals surface area contributed by atoms with Crippen LogP contribution in [0.25, 0.3) is 60.3 Å². The number of aryl methyl sites for hydroxylation is 8. The van der Waals surface area contributed by atoms with Crippen LogP contribution in [0.4, 0.5) is 0 Å². The summed E-state index contributed by atoms with van der Waals surface area (Å²) in [6, 6.07) is 63.5. The number of aliphatic imine (C=N–C) groups is 1. The average molecular weight is 1730 g/mol. The first-order valence-corrected chi connectivity index (χ1v) is 46.8. The fourth-order valence-corrected chi connectivity index (χ4v) is 11.3. The predicted octanol–water partition coefficient (Wildman–Crippen LogP) is 32.2. The molecule has 2 aliphatic rings. The first kappa shape index (κ1) is 121. The van der Waals surface area contributed by atoms with Gasteiger partial charge in [0.05, 0.1) is 45.7 Å². The number of rotatable bonds is 2. The van der Waals surface area contributed by atoms with Crippen molar-refractivity contribution in [3.63, 3.8) is 0 Å². The summed E-state index contributed by atoms with van der Waals surface area (Å²) in [7, 11) is 0. The Hall–Kier alpha value is -11.1. The molecule has 1 unspecified atom stereocenters. The third-order valence-corrected chi connectivity index (χ3v) is 17.2. The highest BCUT2D eigenvalue weighted by molar-refractivity contribution is 7.99. The SMILES string of the molecule is CC.CC.CC.CC.CC.CC.CC.CC.CC.CC.CC.CC(C)(C)n1cncn1.CC1=CCC=N1.CC1CCSC1.Cc1ccc(-c2cnoc2)cc1.Cc1ccc(-n2cn[nH]c2=O)cc1.Cc1ccc2ccccc2c1.Cc1ccc2cccnc2c1.Cc1cccc2cccnc12.Cc1cccc2cccnc12.Cc1ccno1.Cc1cscn1. The lowest BCUT2D eigenvalue weighted by Crippen LogP contribution is -2.21. The molecule has 1 fully saturated rings. The molecular weight excluding hydrogens is 1570 g/mol. The summed E-state index contributed by atoms with van der Waals surface area (Å²) < 4.78 is 12.6. The molecule has 16 nitrogen and oxygen atoms in total. The van der Waals surface area contributed by atoms with Crippen LogP contribution in [0.5, 0.6) is 0 Å². The topological polar surface area (TPSA) is 197 Å². The minimum atomic E-state index is -0.219. The van der Waals surface area contributed by atoms with Crippen molar-refractivity contribution in [1.29, 1.82) is 0 Å². The molecule has 1 N–H and O–H groups in total. The molecule has 10 heterocycles. The van der Waals surface area contributed by atoms with Crippen LogP contribution in [0, 0.1) is 61.3 Å². The number of aromatic amines is 1. The monoisotopic (exact) mass is 1730 g/mol. The Morgan fingerprint density at radius 3 is 1.33 bits per heavy atom. The summed E-state index contributed by atoms with van der Waals surface area (Å²) in [5.41, 5.74) is 17.7. The van der Waals surface area contributed by atoms with E-state index in [0.717, 1.165) is 62.9 Å². The summed E-state index contributed by atoms with van der Waals surface area (Å²) in [5.74, 6) is 4.67. The minimum Gasteiger partial charge on any atom is -0.364 e. The molecule has 1 saturated heterocycles. The molecule has 18 heteroatoms. The lowest BCUT2D eigenvalue weighted by Gasteiger charge is -2.17. The molecule has 0 aliphatic carbocycles. The molecule has 1 atom stereocenters. The van der Waals surface area contributed by atoms with Crippen molar-refractivity contribution in [2.45, 2.75) is 261 Å². The van der Waals surface area contributed by atoms with Gasteiger partial charge in [0.1, 0.15) is 31.0 Å². The van der Waals surface area contributed by atoms with Gasteiger partial charge in [0.25, 0.3) is 0 Å². The molecule has 0 spiro atoms. The standard InChI is InChI=1S/C11H10.C10H9NO.3C10H9N.C9H9N3O.C6H11N3.C5H7N.C5H10S.C4H5NO.C4H5NS.11C2H6/c1-9-6-7-10-4-2-3-5-11(10)8-9;1-8-2-4-9(5-3-8)10-6-11-12-7-10;2*1-8-4-2-5-9-6-3-7-11-10(8)9;1-8-4-5-9-3-2-6-11-10(9)7-8;1-7-2-4-8(5-3-7)12-6-10-11-9(12)13;1-6(2,3)9-5-7-4-8-9;1-5-3-2-4-6-5;1-5-2-3-6-4-5;1-4-2-3-5-6-4;1-4-2-6-3-5-4;11*1-2/h2-8H,1H3;2-7H,1H3;3*2-7H,1H3;2-6H,1H3,(H,11,13);4-5H,1-3H3;3-4H,2H2,1H3;5H,2-4H2,1H3;2*2-3H,1H3;11*1-2H3. The van der Waals surface area contributed by atoms with E-state index in [-0.39, 0.29) is 11.2 Å². The fraction of sp³-hybridized carbons (Fsp3) is 0.387. The van der Waals surface area contributed by atoms with Crippen LogP contribution in [-0.4, -0.2) is 77.5 Å². The predicted molar refractivity (Wildman–Crippen MR) is 550 cm³/mol. The second-order valence-corrected chi connectivity index (χ2v) is 27.0. The zero-order valence-corrected chi connectivity index (χ0v) is 84.3. The number of para-hydroxylation sites is 2. The van der Waals surface area contributed by atoms with Crippen LogP contribution in [-0.2, 0) is 5.54 Å². The Labute approximate surface area is 758 Å². The number of fused-ring (bicyclic) bond motifs is 4. The van der Waals surface area contributed by atoms with Crippen LogP contribution in [0.3, 0.4) is 0 Å². The van der Waals surface area contributed by atoms with Crippen LogP contribution >= 0.6 is 23.1 Å². The molecule has 678 valence electrons. The van der Waals surface area contributed by atoms with Gasteiger partial charge >= 0.3 is 5.69 Å². The molecule has 17 rings (SSSR count). The molecule has 2 aliphatic heterocycles. The number of H-pyrrole nitrogens is 1. The second-order valence-electron chi connectivity index (χ2n) is 25.1. The van der Waals surface area contributed by atoms with E-state index in [2.05, 4.69) is 280 Å². The number of nitrogens with one attached hydrogen (secondary N) is 1. The maximum absolute atomic E-state index is 11.1. The van der Waals surface area contributed by atoms with E-state index >= 15 is 0 Å². The first-order chi connectivity index (χ1) is 60.3. The molecule has 0 radical (unpaired) electrons. The average Bonchev–Trinajstić information content (AvgIpc) is 1.58. The fourth-order valence-electron chi connectivity index (χ4n) is 9.46. The van der Waals surface area contributed by atoms with E-state index in [0.29, 0.717) is 0 Å². The summed E-state index contributed by atoms with van der Waals surface area (Å²) >= 11 is 3.71. The maximum atomic E-state index is 11.1. The van der Waals surface area contributed by atoms with E-state index in [1.165, 1.54) is 89.1 Å². The van der Waals surface area contributed by atoms with Gasteiger partial charge in [-0.2, -0.15) is 22.0 Å². The number of allylic oxidation sites excluding steroid dienone is 2. The maximum Gasteiger partial charge on any atom is 0.347 e. The first-order valence-electron chi connectivity index (χ1n) is 44.7. The van der Waals surface area contributed by atoms with Crippen LogP contribution in [0.1, 0.15) is 245 Å². The Balaban J connectivity index is -0.000000412. The van der Waals surface area contributed by atoms with Crippen molar-refractivity contribution in [1.82, 2.24) is 59.8 Å². The number of pyridine rings is 3. The number of hydrogen-bond acceptors (Lipinski definition) is 15. The highest BCUT2D eigenvalue weighted by atomic mass is 32.2. The van der Waals surface area contributed by atoms with Gasteiger partial charge in [-0.15, -0.1) is 11.3 Å². The molecule has 0 saturated carbocycles. The Morgan fingerprint density at radius 1 is 0.476 bits per heavy atom. The summed E-state index contributed by atoms with van der Waals surface area (Å²) in [6.07, 6.45) is 21.7. The van der Waals surface area contributed by atoms with Gasteiger partial charge in [0.15, 0.2) is 0 Å². The number of thiazole rings is 1. The lowest BCUT2D eigenvalue weighted by molar-refractivity contribution is 0.354. The highest BCUT2D eigenvalue weighted by Gasteiger charge is 2.12. The van der Waals surface area contributed by atoms with Gasteiger partial charge < -0.3 is 9.05 Å². The largest absolute Gasteiger partial charge is 0.364 e.